The Balaban J connectivity index is 1.54. The first-order chi connectivity index (χ1) is 15.0. The molecule has 1 aromatic rings. The van der Waals surface area contributed by atoms with Gasteiger partial charge >= 0.3 is 5.97 Å². The van der Waals surface area contributed by atoms with Crippen molar-refractivity contribution in [1.82, 2.24) is 0 Å². The van der Waals surface area contributed by atoms with E-state index in [1.807, 2.05) is 43.3 Å². The molecular weight excluding hydrogens is 396 g/mol. The van der Waals surface area contributed by atoms with Gasteiger partial charge in [-0.25, -0.2) is 0 Å². The van der Waals surface area contributed by atoms with Gasteiger partial charge in [0, 0.05) is 12.3 Å². The Morgan fingerprint density at radius 2 is 2.06 bits per heavy atom. The van der Waals surface area contributed by atoms with Crippen LogP contribution in [0.4, 0.5) is 0 Å². The van der Waals surface area contributed by atoms with Crippen LogP contribution in [0.5, 0.6) is 5.75 Å². The molecule has 1 aliphatic heterocycles. The van der Waals surface area contributed by atoms with Crippen molar-refractivity contribution in [2.45, 2.75) is 76.3 Å². The molecule has 172 valence electrons. The summed E-state index contributed by atoms with van der Waals surface area (Å²) in [5.41, 5.74) is 0. The molecule has 0 bridgehead atoms. The van der Waals surface area contributed by atoms with Crippen molar-refractivity contribution in [3.63, 3.8) is 0 Å². The van der Waals surface area contributed by atoms with Crippen LogP contribution in [0.1, 0.15) is 51.9 Å². The lowest BCUT2D eigenvalue weighted by Crippen LogP contribution is -2.27. The van der Waals surface area contributed by atoms with E-state index in [0.717, 1.165) is 25.7 Å². The molecule has 0 aromatic heterocycles. The summed E-state index contributed by atoms with van der Waals surface area (Å²) in [5.74, 6) is -0.283. The number of ether oxygens (including phenoxy) is 2. The largest absolute Gasteiger partial charge is 0.491 e. The predicted molar refractivity (Wildman–Crippen MR) is 118 cm³/mol. The molecule has 1 aliphatic carbocycles. The number of benzene rings is 1. The summed E-state index contributed by atoms with van der Waals surface area (Å²) in [6, 6.07) is 9.36. The van der Waals surface area contributed by atoms with E-state index in [-0.39, 0.29) is 36.6 Å². The zero-order valence-electron chi connectivity index (χ0n) is 18.3. The Morgan fingerprint density at radius 1 is 1.29 bits per heavy atom. The van der Waals surface area contributed by atoms with Gasteiger partial charge in [-0.3, -0.25) is 4.79 Å². The first-order valence-corrected chi connectivity index (χ1v) is 11.6. The minimum atomic E-state index is -0.753. The predicted octanol–water partition coefficient (Wildman–Crippen LogP) is 3.81. The maximum absolute atomic E-state index is 11.5. The number of hydrogen-bond acceptors (Lipinski definition) is 5. The van der Waals surface area contributed by atoms with Crippen LogP contribution in [-0.2, 0) is 9.53 Å². The van der Waals surface area contributed by atoms with Gasteiger partial charge in [0.1, 0.15) is 18.5 Å². The normalized spacial score (nSPS) is 30.5. The average molecular weight is 433 g/mol. The van der Waals surface area contributed by atoms with Crippen LogP contribution in [-0.4, -0.2) is 52.3 Å². The van der Waals surface area contributed by atoms with E-state index in [1.165, 1.54) is 0 Å². The molecule has 0 radical (unpaired) electrons. The molecule has 2 aliphatic rings. The Labute approximate surface area is 184 Å². The fourth-order valence-electron chi connectivity index (χ4n) is 5.00. The highest BCUT2D eigenvalue weighted by Gasteiger charge is 2.44. The van der Waals surface area contributed by atoms with E-state index >= 15 is 0 Å². The number of carboxylic acids is 1. The zero-order chi connectivity index (χ0) is 22.2. The molecule has 1 unspecified atom stereocenters. The Morgan fingerprint density at radius 3 is 2.77 bits per heavy atom. The Hall–Kier alpha value is -1.89. The maximum Gasteiger partial charge on any atom is 0.306 e. The number of rotatable bonds is 10. The van der Waals surface area contributed by atoms with E-state index in [1.54, 1.807) is 6.08 Å². The monoisotopic (exact) mass is 432 g/mol. The van der Waals surface area contributed by atoms with Crippen molar-refractivity contribution < 1.29 is 29.6 Å². The molecule has 6 nitrogen and oxygen atoms in total. The van der Waals surface area contributed by atoms with E-state index in [9.17, 15) is 20.1 Å². The SMILES string of the molecule is CCCC(C[C@H]1CCC[C@@H]2[C@@H](C=C[C@@H](O)COc3ccccc3)[C@H](O)C[C@@H]2O1)C(=O)O. The van der Waals surface area contributed by atoms with E-state index in [2.05, 4.69) is 0 Å². The molecule has 1 aromatic carbocycles. The highest BCUT2D eigenvalue weighted by atomic mass is 16.5. The Kier molecular flexibility index (Phi) is 8.93. The van der Waals surface area contributed by atoms with Crippen molar-refractivity contribution in [3.05, 3.63) is 42.5 Å². The van der Waals surface area contributed by atoms with E-state index in [4.69, 9.17) is 9.47 Å². The summed E-state index contributed by atoms with van der Waals surface area (Å²) < 4.78 is 11.9. The van der Waals surface area contributed by atoms with Crippen molar-refractivity contribution >= 4 is 5.97 Å². The van der Waals surface area contributed by atoms with Crippen LogP contribution < -0.4 is 4.74 Å². The lowest BCUT2D eigenvalue weighted by molar-refractivity contribution is -0.144. The summed E-state index contributed by atoms with van der Waals surface area (Å²) in [5, 5.41) is 30.4. The summed E-state index contributed by atoms with van der Waals surface area (Å²) in [7, 11) is 0. The van der Waals surface area contributed by atoms with Gasteiger partial charge in [-0.1, -0.05) is 50.1 Å². The molecule has 0 amide bonds. The summed E-state index contributed by atoms with van der Waals surface area (Å²) >= 11 is 0. The van der Waals surface area contributed by atoms with Crippen LogP contribution >= 0.6 is 0 Å². The second kappa shape index (κ2) is 11.7. The van der Waals surface area contributed by atoms with Gasteiger partial charge in [0.2, 0.25) is 0 Å². The zero-order valence-corrected chi connectivity index (χ0v) is 18.3. The molecular formula is C25H36O6. The molecule has 31 heavy (non-hydrogen) atoms. The van der Waals surface area contributed by atoms with Crippen LogP contribution in [0.15, 0.2) is 42.5 Å². The van der Waals surface area contributed by atoms with Gasteiger partial charge in [-0.2, -0.15) is 0 Å². The van der Waals surface area contributed by atoms with Gasteiger partial charge in [0.15, 0.2) is 0 Å². The molecule has 2 fully saturated rings. The summed E-state index contributed by atoms with van der Waals surface area (Å²) in [6.07, 6.45) is 7.59. The third kappa shape index (κ3) is 6.79. The average Bonchev–Trinajstić information content (AvgIpc) is 2.91. The van der Waals surface area contributed by atoms with Gasteiger partial charge in [-0.05, 0) is 43.7 Å². The van der Waals surface area contributed by atoms with Gasteiger partial charge in [-0.15, -0.1) is 0 Å². The molecule has 7 atom stereocenters. The lowest BCUT2D eigenvalue weighted by atomic mass is 9.88. The van der Waals surface area contributed by atoms with Gasteiger partial charge in [0.05, 0.1) is 24.2 Å². The fraction of sp³-hybridized carbons (Fsp3) is 0.640. The highest BCUT2D eigenvalue weighted by Crippen LogP contribution is 2.42. The number of aliphatic hydroxyl groups is 2. The topological polar surface area (TPSA) is 96.2 Å². The summed E-state index contributed by atoms with van der Waals surface area (Å²) in [4.78, 5) is 11.5. The number of aliphatic carboxylic acids is 1. The van der Waals surface area contributed by atoms with Crippen LogP contribution in [0.3, 0.4) is 0 Å². The second-order valence-electron chi connectivity index (χ2n) is 8.91. The fourth-order valence-corrected chi connectivity index (χ4v) is 5.00. The van der Waals surface area contributed by atoms with Crippen LogP contribution in [0.25, 0.3) is 0 Å². The maximum atomic E-state index is 11.5. The molecule has 1 saturated carbocycles. The van der Waals surface area contributed by atoms with Gasteiger partial charge < -0.3 is 24.8 Å². The highest BCUT2D eigenvalue weighted by molar-refractivity contribution is 5.69. The van der Waals surface area contributed by atoms with Crippen LogP contribution in [0.2, 0.25) is 0 Å². The third-order valence-corrected chi connectivity index (χ3v) is 6.57. The number of carbonyl (C=O) groups is 1. The number of hydrogen-bond donors (Lipinski definition) is 3. The molecule has 3 N–H and O–H groups in total. The van der Waals surface area contributed by atoms with E-state index < -0.39 is 18.2 Å². The molecule has 1 heterocycles. The lowest BCUT2D eigenvalue weighted by Gasteiger charge is -2.25. The number of fused-ring (bicyclic) bond motifs is 1. The van der Waals surface area contributed by atoms with Crippen molar-refractivity contribution in [2.24, 2.45) is 17.8 Å². The number of para-hydroxylation sites is 1. The minimum absolute atomic E-state index is 0.0640. The summed E-state index contributed by atoms with van der Waals surface area (Å²) in [6.45, 7) is 2.16. The van der Waals surface area contributed by atoms with E-state index in [0.29, 0.717) is 25.0 Å². The smallest absolute Gasteiger partial charge is 0.306 e. The number of aliphatic hydroxyl groups excluding tert-OH is 2. The van der Waals surface area contributed by atoms with Crippen molar-refractivity contribution in [2.75, 3.05) is 6.61 Å². The first-order valence-electron chi connectivity index (χ1n) is 11.6. The van der Waals surface area contributed by atoms with Crippen LogP contribution in [0, 0.1) is 17.8 Å². The van der Waals surface area contributed by atoms with Crippen molar-refractivity contribution in [3.8, 4) is 5.75 Å². The molecule has 0 spiro atoms. The quantitative estimate of drug-likeness (QED) is 0.487. The molecule has 6 heteroatoms. The Bertz CT molecular complexity index is 705. The second-order valence-corrected chi connectivity index (χ2v) is 8.91. The molecule has 3 rings (SSSR count). The third-order valence-electron chi connectivity index (χ3n) is 6.57. The van der Waals surface area contributed by atoms with Gasteiger partial charge in [0.25, 0.3) is 0 Å². The first kappa shape index (κ1) is 23.8. The standard InChI is InChI=1S/C25H36O6/c1-2-7-17(25(28)29)14-20-10-6-11-22-21(23(27)15-24(22)31-20)13-12-18(26)16-30-19-8-4-3-5-9-19/h3-5,8-9,12-13,17-18,20-24,26-27H,2,6-7,10-11,14-16H2,1H3,(H,28,29)/t17?,18-,20-,21-,22-,23-,24+/m1/s1. The minimum Gasteiger partial charge on any atom is -0.491 e. The van der Waals surface area contributed by atoms with Crippen molar-refractivity contribution in [1.29, 1.82) is 0 Å². The number of carboxylic acid groups (broad SMARTS) is 1. The molecule has 1 saturated heterocycles.